The van der Waals surface area contributed by atoms with E-state index < -0.39 is 18.9 Å². The van der Waals surface area contributed by atoms with Crippen molar-refractivity contribution in [3.8, 4) is 0 Å². The molecule has 8 heavy (non-hydrogen) atoms. The van der Waals surface area contributed by atoms with E-state index in [2.05, 4.69) is 5.32 Å². The van der Waals surface area contributed by atoms with Gasteiger partial charge in [0.05, 0.1) is 6.73 Å². The fourth-order valence-corrected chi connectivity index (χ4v) is 0.186. The molecule has 0 saturated heterocycles. The van der Waals surface area contributed by atoms with Crippen LogP contribution >= 0.6 is 0 Å². The summed E-state index contributed by atoms with van der Waals surface area (Å²) in [6.07, 6.45) is -1.17. The van der Waals surface area contributed by atoms with Gasteiger partial charge in [-0.05, 0) is 0 Å². The molecule has 0 fully saturated rings. The number of hydrogen-bond acceptors (Lipinski definition) is 4. The largest absolute Gasteiger partial charge is 0.479 e. The first-order valence-corrected chi connectivity index (χ1v) is 2.01. The Morgan fingerprint density at radius 1 is 1.88 bits per heavy atom. The molecule has 5 nitrogen and oxygen atoms in total. The maximum absolute atomic E-state index is 9.79. The van der Waals surface area contributed by atoms with Crippen LogP contribution in [0.2, 0.25) is 0 Å². The van der Waals surface area contributed by atoms with Gasteiger partial charge in [-0.2, -0.15) is 0 Å². The van der Waals surface area contributed by atoms with Gasteiger partial charge in [-0.3, -0.25) is 5.32 Å². The lowest BCUT2D eigenvalue weighted by atomic mass is 10.5. The second-order valence-corrected chi connectivity index (χ2v) is 1.18. The first-order valence-electron chi connectivity index (χ1n) is 2.01. The number of aliphatic hydroxyl groups excluding tert-OH is 1. The molecule has 0 bridgehead atoms. The Morgan fingerprint density at radius 2 is 2.38 bits per heavy atom. The monoisotopic (exact) mass is 120 g/mol. The van der Waals surface area contributed by atoms with Gasteiger partial charge < -0.3 is 15.9 Å². The van der Waals surface area contributed by atoms with Crippen LogP contribution in [0.4, 0.5) is 0 Å². The Balaban J connectivity index is 3.32. The smallest absolute Gasteiger partial charge is 0.335 e. The van der Waals surface area contributed by atoms with Crippen LogP contribution in [0.5, 0.6) is 0 Å². The molecule has 0 aromatic heterocycles. The predicted molar refractivity (Wildman–Crippen MR) is 25.8 cm³/mol. The number of aliphatic carboxylic acids is 1. The van der Waals surface area contributed by atoms with Crippen LogP contribution in [0.1, 0.15) is 0 Å². The molecule has 0 spiro atoms. The van der Waals surface area contributed by atoms with Crippen molar-refractivity contribution in [2.75, 3.05) is 6.73 Å². The van der Waals surface area contributed by atoms with E-state index in [0.29, 0.717) is 0 Å². The summed E-state index contributed by atoms with van der Waals surface area (Å²) in [5, 5.41) is 18.1. The number of nitrogens with one attached hydrogen (secondary N) is 1. The third-order valence-electron chi connectivity index (χ3n) is 0.577. The molecule has 0 rings (SSSR count). The molecule has 1 atom stereocenters. The van der Waals surface area contributed by atoms with E-state index in [4.69, 9.17) is 15.9 Å². The molecule has 0 aromatic carbocycles. The van der Waals surface area contributed by atoms with E-state index in [9.17, 15) is 4.79 Å². The van der Waals surface area contributed by atoms with Crippen LogP contribution in [0.3, 0.4) is 0 Å². The fraction of sp³-hybridized carbons (Fsp3) is 0.667. The summed E-state index contributed by atoms with van der Waals surface area (Å²) in [7, 11) is 0. The average Bonchev–Trinajstić information content (AvgIpc) is 1.67. The van der Waals surface area contributed by atoms with E-state index >= 15 is 0 Å². The molecule has 48 valence electrons. The van der Waals surface area contributed by atoms with Crippen LogP contribution in [-0.4, -0.2) is 29.1 Å². The number of rotatable bonds is 3. The lowest BCUT2D eigenvalue weighted by Gasteiger charge is -2.03. The van der Waals surface area contributed by atoms with E-state index in [1.54, 1.807) is 0 Å². The summed E-state index contributed by atoms with van der Waals surface area (Å²) >= 11 is 0. The van der Waals surface area contributed by atoms with Crippen molar-refractivity contribution in [1.29, 1.82) is 0 Å². The van der Waals surface area contributed by atoms with E-state index in [1.807, 2.05) is 0 Å². The minimum Gasteiger partial charge on any atom is -0.479 e. The van der Waals surface area contributed by atoms with Gasteiger partial charge in [-0.1, -0.05) is 0 Å². The maximum atomic E-state index is 9.79. The minimum atomic E-state index is -1.18. The summed E-state index contributed by atoms with van der Waals surface area (Å²) in [4.78, 5) is 9.79. The molecule has 1 unspecified atom stereocenters. The summed E-state index contributed by atoms with van der Waals surface area (Å²) < 4.78 is 0. The van der Waals surface area contributed by atoms with Gasteiger partial charge in [0.2, 0.25) is 0 Å². The Kier molecular flexibility index (Phi) is 3.09. The van der Waals surface area contributed by atoms with Crippen LogP contribution in [-0.2, 0) is 4.79 Å². The number of hydrogen-bond donors (Lipinski definition) is 4. The van der Waals surface area contributed by atoms with E-state index in [0.717, 1.165) is 0 Å². The lowest BCUT2D eigenvalue weighted by Crippen LogP contribution is -2.44. The highest BCUT2D eigenvalue weighted by molar-refractivity contribution is 5.72. The molecular weight excluding hydrogens is 112 g/mol. The number of nitrogens with two attached hydrogens (primary N) is 1. The van der Waals surface area contributed by atoms with Gasteiger partial charge in [0, 0.05) is 0 Å². The Bertz CT molecular complexity index is 84.6. The molecule has 0 aromatic rings. The summed E-state index contributed by atoms with van der Waals surface area (Å²) in [6.45, 7) is -0.423. The van der Waals surface area contributed by atoms with Crippen molar-refractivity contribution in [3.05, 3.63) is 0 Å². The molecular formula is C3H8N2O3. The predicted octanol–water partition coefficient (Wildman–Crippen LogP) is -2.10. The molecule has 0 saturated carbocycles. The highest BCUT2D eigenvalue weighted by Gasteiger charge is 2.07. The van der Waals surface area contributed by atoms with E-state index in [1.165, 1.54) is 0 Å². The van der Waals surface area contributed by atoms with Crippen LogP contribution in [0, 0.1) is 0 Å². The lowest BCUT2D eigenvalue weighted by molar-refractivity contribution is -0.139. The second-order valence-electron chi connectivity index (χ2n) is 1.18. The molecule has 0 radical (unpaired) electrons. The third-order valence-corrected chi connectivity index (χ3v) is 0.577. The van der Waals surface area contributed by atoms with Gasteiger partial charge >= 0.3 is 5.97 Å². The van der Waals surface area contributed by atoms with Crippen LogP contribution in [0.25, 0.3) is 0 Å². The van der Waals surface area contributed by atoms with Gasteiger partial charge in [0.25, 0.3) is 0 Å². The first kappa shape index (κ1) is 7.35. The summed E-state index contributed by atoms with van der Waals surface area (Å²) in [6, 6.07) is 0. The highest BCUT2D eigenvalue weighted by Crippen LogP contribution is 1.66. The Labute approximate surface area is 46.1 Å². The third kappa shape index (κ3) is 2.51. The molecule has 0 aliphatic rings. The standard InChI is InChI=1S/C3H8N2O3/c4-2(3(7)8)5-1-6/h2,5-6H,1,4H2,(H,7,8). The van der Waals surface area contributed by atoms with Gasteiger partial charge in [0.15, 0.2) is 6.17 Å². The van der Waals surface area contributed by atoms with Crippen molar-refractivity contribution in [2.24, 2.45) is 5.73 Å². The molecule has 0 amide bonds. The average molecular weight is 120 g/mol. The van der Waals surface area contributed by atoms with Crippen molar-refractivity contribution in [1.82, 2.24) is 5.32 Å². The summed E-state index contributed by atoms with van der Waals surface area (Å²) in [5.74, 6) is -1.18. The summed E-state index contributed by atoms with van der Waals surface area (Å²) in [5.41, 5.74) is 4.86. The topological polar surface area (TPSA) is 95.6 Å². The van der Waals surface area contributed by atoms with Crippen molar-refractivity contribution >= 4 is 5.97 Å². The number of carboxylic acids is 1. The minimum absolute atomic E-state index is 0.423. The Hall–Kier alpha value is -0.650. The zero-order valence-electron chi connectivity index (χ0n) is 4.16. The quantitative estimate of drug-likeness (QED) is 0.320. The van der Waals surface area contributed by atoms with Crippen molar-refractivity contribution in [2.45, 2.75) is 6.17 Å². The second kappa shape index (κ2) is 3.36. The SMILES string of the molecule is NC(NCO)C(=O)O. The number of aliphatic hydroxyl groups is 1. The van der Waals surface area contributed by atoms with Crippen LogP contribution < -0.4 is 11.1 Å². The molecule has 0 aliphatic carbocycles. The van der Waals surface area contributed by atoms with E-state index in [-0.39, 0.29) is 0 Å². The first-order chi connectivity index (χ1) is 3.68. The zero-order valence-corrected chi connectivity index (χ0v) is 4.16. The molecule has 0 aliphatic heterocycles. The van der Waals surface area contributed by atoms with Gasteiger partial charge in [-0.25, -0.2) is 4.79 Å². The maximum Gasteiger partial charge on any atom is 0.335 e. The van der Waals surface area contributed by atoms with Gasteiger partial charge in [0.1, 0.15) is 0 Å². The number of carbonyl (C=O) groups is 1. The number of carboxylic acid groups (broad SMARTS) is 1. The van der Waals surface area contributed by atoms with Crippen LogP contribution in [0.15, 0.2) is 0 Å². The van der Waals surface area contributed by atoms with Crippen molar-refractivity contribution in [3.63, 3.8) is 0 Å². The molecule has 5 N–H and O–H groups in total. The Morgan fingerprint density at radius 3 is 2.50 bits per heavy atom. The molecule has 0 heterocycles. The van der Waals surface area contributed by atoms with Gasteiger partial charge in [-0.15, -0.1) is 0 Å². The normalized spacial score (nSPS) is 13.2. The zero-order chi connectivity index (χ0) is 6.57. The van der Waals surface area contributed by atoms with Crippen molar-refractivity contribution < 1.29 is 15.0 Å². The highest BCUT2D eigenvalue weighted by atomic mass is 16.4. The molecule has 5 heteroatoms. The fourth-order valence-electron chi connectivity index (χ4n) is 0.186.